The first-order valence-corrected chi connectivity index (χ1v) is 3.24. The van der Waals surface area contributed by atoms with Gasteiger partial charge in [-0.05, 0) is 6.08 Å². The summed E-state index contributed by atoms with van der Waals surface area (Å²) in [5, 5.41) is 0. The van der Waals surface area contributed by atoms with Gasteiger partial charge in [-0.3, -0.25) is 4.79 Å². The first kappa shape index (κ1) is 9.30. The normalized spacial score (nSPS) is 9.80. The van der Waals surface area contributed by atoms with Crippen LogP contribution in [0.3, 0.4) is 0 Å². The molecule has 0 aliphatic rings. The molecule has 0 saturated heterocycles. The predicted molar refractivity (Wildman–Crippen MR) is 37.6 cm³/mol. The Morgan fingerprint density at radius 3 is 2.90 bits per heavy atom. The van der Waals surface area contributed by atoms with Gasteiger partial charge in [0.25, 0.3) is 0 Å². The summed E-state index contributed by atoms with van der Waals surface area (Å²) in [4.78, 5) is 10.4. The van der Waals surface area contributed by atoms with E-state index >= 15 is 0 Å². The summed E-state index contributed by atoms with van der Waals surface area (Å²) in [6, 6.07) is 0.0949. The fourth-order valence-electron chi connectivity index (χ4n) is 0.332. The van der Waals surface area contributed by atoms with Crippen LogP contribution >= 0.6 is 11.6 Å². The lowest BCUT2D eigenvalue weighted by Gasteiger charge is -1.92. The summed E-state index contributed by atoms with van der Waals surface area (Å²) in [6.07, 6.45) is 3.12. The summed E-state index contributed by atoms with van der Waals surface area (Å²) in [7, 11) is 1.33. The molecule has 0 atom stereocenters. The third kappa shape index (κ3) is 5.44. The number of hydrogen-bond acceptors (Lipinski definition) is 3. The van der Waals surface area contributed by atoms with Gasteiger partial charge in [-0.2, -0.15) is 0 Å². The number of alkyl halides is 1. The molecule has 0 unspecified atom stereocenters. The lowest BCUT2D eigenvalue weighted by atomic mass is 10.4. The molecule has 0 rings (SSSR count). The fraction of sp³-hybridized carbons (Fsp3) is 0.500. The van der Waals surface area contributed by atoms with Crippen molar-refractivity contribution in [3.05, 3.63) is 12.3 Å². The van der Waals surface area contributed by atoms with E-state index in [4.69, 9.17) is 11.6 Å². The van der Waals surface area contributed by atoms with Crippen LogP contribution in [-0.2, 0) is 14.3 Å². The SMILES string of the molecule is COC(=O)C/C=C/OCCl. The highest BCUT2D eigenvalue weighted by Crippen LogP contribution is 1.88. The first-order chi connectivity index (χ1) is 4.81. The van der Waals surface area contributed by atoms with Crippen molar-refractivity contribution < 1.29 is 14.3 Å². The summed E-state index contributed by atoms with van der Waals surface area (Å²) < 4.78 is 8.96. The Bertz CT molecular complexity index is 122. The zero-order valence-corrected chi connectivity index (χ0v) is 6.43. The van der Waals surface area contributed by atoms with Gasteiger partial charge in [-0.25, -0.2) is 0 Å². The number of esters is 1. The van der Waals surface area contributed by atoms with Crippen LogP contribution in [-0.4, -0.2) is 19.1 Å². The van der Waals surface area contributed by atoms with Crippen molar-refractivity contribution in [1.29, 1.82) is 0 Å². The molecule has 10 heavy (non-hydrogen) atoms. The van der Waals surface area contributed by atoms with Crippen LogP contribution in [0, 0.1) is 0 Å². The van der Waals surface area contributed by atoms with Gasteiger partial charge in [0.2, 0.25) is 0 Å². The average Bonchev–Trinajstić information content (AvgIpc) is 1.98. The zero-order valence-electron chi connectivity index (χ0n) is 5.67. The van der Waals surface area contributed by atoms with E-state index in [1.807, 2.05) is 0 Å². The van der Waals surface area contributed by atoms with Crippen molar-refractivity contribution in [2.24, 2.45) is 0 Å². The van der Waals surface area contributed by atoms with E-state index in [1.165, 1.54) is 19.4 Å². The molecule has 0 aromatic carbocycles. The van der Waals surface area contributed by atoms with E-state index in [0.717, 1.165) is 0 Å². The highest BCUT2D eigenvalue weighted by molar-refractivity contribution is 6.17. The van der Waals surface area contributed by atoms with Crippen molar-refractivity contribution in [3.63, 3.8) is 0 Å². The van der Waals surface area contributed by atoms with Crippen LogP contribution in [0.15, 0.2) is 12.3 Å². The minimum atomic E-state index is -0.297. The highest BCUT2D eigenvalue weighted by Gasteiger charge is 1.92. The molecule has 0 spiro atoms. The third-order valence-corrected chi connectivity index (χ3v) is 0.894. The van der Waals surface area contributed by atoms with Gasteiger partial charge >= 0.3 is 5.97 Å². The maximum Gasteiger partial charge on any atom is 0.309 e. The summed E-state index contributed by atoms with van der Waals surface area (Å²) in [6.45, 7) is 0. The number of carbonyl (C=O) groups excluding carboxylic acids is 1. The lowest BCUT2D eigenvalue weighted by Crippen LogP contribution is -1.96. The molecule has 0 aliphatic heterocycles. The zero-order chi connectivity index (χ0) is 7.82. The van der Waals surface area contributed by atoms with Crippen molar-refractivity contribution >= 4 is 17.6 Å². The van der Waals surface area contributed by atoms with E-state index in [0.29, 0.717) is 0 Å². The topological polar surface area (TPSA) is 35.5 Å². The molecular formula is C6H9ClO3. The Kier molecular flexibility index (Phi) is 5.97. The van der Waals surface area contributed by atoms with E-state index < -0.39 is 0 Å². The van der Waals surface area contributed by atoms with E-state index in [-0.39, 0.29) is 18.5 Å². The molecule has 0 amide bonds. The molecule has 0 saturated carbocycles. The molecule has 0 radical (unpaired) electrons. The molecule has 4 heteroatoms. The molecule has 0 aromatic rings. The first-order valence-electron chi connectivity index (χ1n) is 2.70. The predicted octanol–water partition coefficient (Wildman–Crippen LogP) is 1.28. The third-order valence-electron chi connectivity index (χ3n) is 0.768. The number of hydrogen-bond donors (Lipinski definition) is 0. The second-order valence-electron chi connectivity index (χ2n) is 1.43. The maximum absolute atomic E-state index is 10.4. The van der Waals surface area contributed by atoms with Gasteiger partial charge in [0.05, 0.1) is 19.8 Å². The Morgan fingerprint density at radius 2 is 2.40 bits per heavy atom. The van der Waals surface area contributed by atoms with Crippen molar-refractivity contribution in [2.45, 2.75) is 6.42 Å². The Balaban J connectivity index is 3.25. The van der Waals surface area contributed by atoms with Crippen LogP contribution < -0.4 is 0 Å². The van der Waals surface area contributed by atoms with Crippen LogP contribution in [0.2, 0.25) is 0 Å². The number of halogens is 1. The van der Waals surface area contributed by atoms with Gasteiger partial charge < -0.3 is 9.47 Å². The Hall–Kier alpha value is -0.700. The van der Waals surface area contributed by atoms with Crippen LogP contribution in [0.4, 0.5) is 0 Å². The van der Waals surface area contributed by atoms with Gasteiger partial charge in [-0.15, -0.1) is 0 Å². The van der Waals surface area contributed by atoms with Crippen LogP contribution in [0.25, 0.3) is 0 Å². The standard InChI is InChI=1S/C6H9ClO3/c1-9-6(8)3-2-4-10-5-7/h2,4H,3,5H2,1H3/b4-2+. The van der Waals surface area contributed by atoms with Gasteiger partial charge in [0, 0.05) is 0 Å². The lowest BCUT2D eigenvalue weighted by molar-refractivity contribution is -0.139. The maximum atomic E-state index is 10.4. The molecule has 0 bridgehead atoms. The summed E-state index contributed by atoms with van der Waals surface area (Å²) in [5.41, 5.74) is 0. The number of rotatable bonds is 4. The van der Waals surface area contributed by atoms with Crippen LogP contribution in [0.1, 0.15) is 6.42 Å². The minimum Gasteiger partial charge on any atom is -0.486 e. The number of ether oxygens (including phenoxy) is 2. The second kappa shape index (κ2) is 6.42. The van der Waals surface area contributed by atoms with Crippen molar-refractivity contribution in [3.8, 4) is 0 Å². The van der Waals surface area contributed by atoms with Gasteiger partial charge in [0.15, 0.2) is 6.07 Å². The number of methoxy groups -OCH3 is 1. The van der Waals surface area contributed by atoms with Crippen molar-refractivity contribution in [1.82, 2.24) is 0 Å². The quantitative estimate of drug-likeness (QED) is 0.357. The molecule has 0 heterocycles. The van der Waals surface area contributed by atoms with E-state index in [2.05, 4.69) is 9.47 Å². The van der Waals surface area contributed by atoms with Gasteiger partial charge in [0.1, 0.15) is 0 Å². The van der Waals surface area contributed by atoms with Crippen molar-refractivity contribution in [2.75, 3.05) is 13.2 Å². The van der Waals surface area contributed by atoms with Gasteiger partial charge in [-0.1, -0.05) is 11.6 Å². The monoisotopic (exact) mass is 164 g/mol. The largest absolute Gasteiger partial charge is 0.486 e. The summed E-state index contributed by atoms with van der Waals surface area (Å²) >= 11 is 5.16. The minimum absolute atomic E-state index is 0.0949. The Labute approximate surface area is 64.6 Å². The molecule has 58 valence electrons. The fourth-order valence-corrected chi connectivity index (χ4v) is 0.405. The molecule has 0 aliphatic carbocycles. The highest BCUT2D eigenvalue weighted by atomic mass is 35.5. The molecule has 0 fully saturated rings. The van der Waals surface area contributed by atoms with E-state index in [9.17, 15) is 4.79 Å². The Morgan fingerprint density at radius 1 is 1.70 bits per heavy atom. The second-order valence-corrected chi connectivity index (χ2v) is 1.65. The number of carbonyl (C=O) groups is 1. The average molecular weight is 165 g/mol. The van der Waals surface area contributed by atoms with Crippen LogP contribution in [0.5, 0.6) is 0 Å². The summed E-state index contributed by atoms with van der Waals surface area (Å²) in [5.74, 6) is -0.297. The molecule has 0 aromatic heterocycles. The van der Waals surface area contributed by atoms with E-state index in [1.54, 1.807) is 0 Å². The molecule has 3 nitrogen and oxygen atoms in total. The molecule has 0 N–H and O–H groups in total. The molecular weight excluding hydrogens is 156 g/mol. The smallest absolute Gasteiger partial charge is 0.309 e.